The first-order valence-corrected chi connectivity index (χ1v) is 8.86. The zero-order valence-electron chi connectivity index (χ0n) is 12.4. The van der Waals surface area contributed by atoms with Gasteiger partial charge >= 0.3 is 0 Å². The Balaban J connectivity index is 2.56. The average molecular weight is 304 g/mol. The van der Waals surface area contributed by atoms with E-state index >= 15 is 0 Å². The van der Waals surface area contributed by atoms with Crippen LogP contribution < -0.4 is 5.32 Å². The summed E-state index contributed by atoms with van der Waals surface area (Å²) in [6, 6.07) is -0.473. The first-order chi connectivity index (χ1) is 9.25. The predicted octanol–water partition coefficient (Wildman–Crippen LogP) is 0.184. The van der Waals surface area contributed by atoms with Crippen molar-refractivity contribution in [3.8, 4) is 0 Å². The summed E-state index contributed by atoms with van der Waals surface area (Å²) in [5.74, 6) is 0.201. The number of amides is 2. The summed E-state index contributed by atoms with van der Waals surface area (Å²) < 4.78 is 22.8. The van der Waals surface area contributed by atoms with E-state index in [4.69, 9.17) is 0 Å². The van der Waals surface area contributed by atoms with Gasteiger partial charge in [-0.25, -0.2) is 8.42 Å². The fourth-order valence-electron chi connectivity index (χ4n) is 2.21. The Kier molecular flexibility index (Phi) is 5.98. The lowest BCUT2D eigenvalue weighted by Crippen LogP contribution is -2.58. The van der Waals surface area contributed by atoms with E-state index < -0.39 is 15.9 Å². The Bertz CT molecular complexity index is 459. The highest BCUT2D eigenvalue weighted by molar-refractivity contribution is 7.91. The van der Waals surface area contributed by atoms with E-state index in [2.05, 4.69) is 5.32 Å². The SMILES string of the molecule is CCS(=O)(=O)CCCN1CC(=O)NC(CC(C)C)C1=O. The van der Waals surface area contributed by atoms with Crippen molar-refractivity contribution in [1.82, 2.24) is 10.2 Å². The van der Waals surface area contributed by atoms with Gasteiger partial charge in [0.15, 0.2) is 0 Å². The fourth-order valence-corrected chi connectivity index (χ4v) is 3.07. The van der Waals surface area contributed by atoms with Crippen molar-refractivity contribution in [3.05, 3.63) is 0 Å². The Hall–Kier alpha value is -1.11. The summed E-state index contributed by atoms with van der Waals surface area (Å²) in [6.07, 6.45) is 0.984. The van der Waals surface area contributed by atoms with Gasteiger partial charge in [0, 0.05) is 12.3 Å². The maximum Gasteiger partial charge on any atom is 0.245 e. The molecule has 0 radical (unpaired) electrons. The number of nitrogens with one attached hydrogen (secondary N) is 1. The van der Waals surface area contributed by atoms with Crippen molar-refractivity contribution in [2.75, 3.05) is 24.6 Å². The minimum Gasteiger partial charge on any atom is -0.343 e. The normalized spacial score (nSPS) is 20.4. The molecule has 0 bridgehead atoms. The predicted molar refractivity (Wildman–Crippen MR) is 76.9 cm³/mol. The van der Waals surface area contributed by atoms with Gasteiger partial charge in [-0.1, -0.05) is 20.8 Å². The Labute approximate surface area is 120 Å². The summed E-state index contributed by atoms with van der Waals surface area (Å²) in [5.41, 5.74) is 0. The topological polar surface area (TPSA) is 83.6 Å². The molecule has 116 valence electrons. The van der Waals surface area contributed by atoms with E-state index in [0.29, 0.717) is 25.3 Å². The van der Waals surface area contributed by atoms with Gasteiger partial charge in [-0.2, -0.15) is 0 Å². The number of hydrogen-bond donors (Lipinski definition) is 1. The van der Waals surface area contributed by atoms with Gasteiger partial charge in [-0.05, 0) is 18.8 Å². The van der Waals surface area contributed by atoms with E-state index in [0.717, 1.165) is 0 Å². The monoisotopic (exact) mass is 304 g/mol. The molecule has 20 heavy (non-hydrogen) atoms. The summed E-state index contributed by atoms with van der Waals surface area (Å²) in [7, 11) is -3.02. The van der Waals surface area contributed by atoms with Crippen molar-refractivity contribution in [3.63, 3.8) is 0 Å². The highest BCUT2D eigenvalue weighted by atomic mass is 32.2. The maximum atomic E-state index is 12.2. The lowest BCUT2D eigenvalue weighted by atomic mass is 10.0. The highest BCUT2D eigenvalue weighted by Crippen LogP contribution is 2.12. The highest BCUT2D eigenvalue weighted by Gasteiger charge is 2.32. The molecule has 1 heterocycles. The van der Waals surface area contributed by atoms with Crippen LogP contribution in [-0.4, -0.2) is 55.8 Å². The van der Waals surface area contributed by atoms with Crippen LogP contribution in [0.5, 0.6) is 0 Å². The second kappa shape index (κ2) is 7.06. The second-order valence-electron chi connectivity index (χ2n) is 5.60. The molecule has 0 spiro atoms. The van der Waals surface area contributed by atoms with Crippen LogP contribution in [0.15, 0.2) is 0 Å². The van der Waals surface area contributed by atoms with Crippen LogP contribution in [0.25, 0.3) is 0 Å². The standard InChI is InChI=1S/C13H24N2O4S/c1-4-20(18,19)7-5-6-15-9-12(16)14-11(13(15)17)8-10(2)3/h10-11H,4-9H2,1-3H3,(H,14,16). The molecule has 0 aromatic carbocycles. The molecule has 2 amide bonds. The van der Waals surface area contributed by atoms with E-state index in [-0.39, 0.29) is 29.9 Å². The van der Waals surface area contributed by atoms with Crippen LogP contribution >= 0.6 is 0 Å². The number of rotatable bonds is 7. The summed E-state index contributed by atoms with van der Waals surface area (Å²) in [4.78, 5) is 25.3. The van der Waals surface area contributed by atoms with Crippen LogP contribution in [0.4, 0.5) is 0 Å². The van der Waals surface area contributed by atoms with Crippen molar-refractivity contribution in [2.45, 2.75) is 39.7 Å². The molecule has 0 aromatic heterocycles. The van der Waals surface area contributed by atoms with Crippen LogP contribution in [-0.2, 0) is 19.4 Å². The third kappa shape index (κ3) is 5.11. The van der Waals surface area contributed by atoms with Crippen LogP contribution in [0.1, 0.15) is 33.6 Å². The van der Waals surface area contributed by atoms with Gasteiger partial charge in [0.2, 0.25) is 11.8 Å². The number of carbonyl (C=O) groups is 2. The molecule has 7 heteroatoms. The first-order valence-electron chi connectivity index (χ1n) is 7.03. The number of piperazine rings is 1. The molecular formula is C13H24N2O4S. The van der Waals surface area contributed by atoms with Crippen LogP contribution in [0, 0.1) is 5.92 Å². The van der Waals surface area contributed by atoms with Gasteiger partial charge in [0.05, 0.1) is 12.3 Å². The molecule has 1 fully saturated rings. The van der Waals surface area contributed by atoms with Gasteiger partial charge in [-0.15, -0.1) is 0 Å². The van der Waals surface area contributed by atoms with E-state index in [9.17, 15) is 18.0 Å². The largest absolute Gasteiger partial charge is 0.343 e. The molecule has 1 aliphatic heterocycles. The lowest BCUT2D eigenvalue weighted by Gasteiger charge is -2.33. The Morgan fingerprint density at radius 2 is 2.00 bits per heavy atom. The van der Waals surface area contributed by atoms with Gasteiger partial charge < -0.3 is 10.2 Å². The van der Waals surface area contributed by atoms with Gasteiger partial charge in [0.1, 0.15) is 15.9 Å². The number of sulfone groups is 1. The minimum atomic E-state index is -3.02. The zero-order valence-corrected chi connectivity index (χ0v) is 13.2. The van der Waals surface area contributed by atoms with Crippen molar-refractivity contribution in [2.24, 2.45) is 5.92 Å². The minimum absolute atomic E-state index is 0.0274. The third-order valence-electron chi connectivity index (χ3n) is 3.31. The van der Waals surface area contributed by atoms with Crippen molar-refractivity contribution < 1.29 is 18.0 Å². The van der Waals surface area contributed by atoms with E-state index in [1.165, 1.54) is 4.90 Å². The van der Waals surface area contributed by atoms with Gasteiger partial charge in [0.25, 0.3) is 0 Å². The molecule has 6 nitrogen and oxygen atoms in total. The Morgan fingerprint density at radius 1 is 1.35 bits per heavy atom. The fraction of sp³-hybridized carbons (Fsp3) is 0.846. The summed E-state index contributed by atoms with van der Waals surface area (Å²) >= 11 is 0. The molecule has 1 unspecified atom stereocenters. The zero-order chi connectivity index (χ0) is 15.3. The average Bonchev–Trinajstić information content (AvgIpc) is 2.34. The van der Waals surface area contributed by atoms with E-state index in [1.54, 1.807) is 6.92 Å². The second-order valence-corrected chi connectivity index (χ2v) is 8.07. The smallest absolute Gasteiger partial charge is 0.245 e. The van der Waals surface area contributed by atoms with Crippen LogP contribution in [0.3, 0.4) is 0 Å². The molecule has 1 atom stereocenters. The summed E-state index contributed by atoms with van der Waals surface area (Å²) in [6.45, 7) is 5.94. The molecular weight excluding hydrogens is 280 g/mol. The molecule has 1 aliphatic rings. The van der Waals surface area contributed by atoms with Gasteiger partial charge in [-0.3, -0.25) is 9.59 Å². The number of nitrogens with zero attached hydrogens (tertiary/aromatic N) is 1. The van der Waals surface area contributed by atoms with E-state index in [1.807, 2.05) is 13.8 Å². The molecule has 1 saturated heterocycles. The molecule has 0 saturated carbocycles. The molecule has 1 N–H and O–H groups in total. The van der Waals surface area contributed by atoms with Crippen molar-refractivity contribution >= 4 is 21.7 Å². The van der Waals surface area contributed by atoms with Crippen molar-refractivity contribution in [1.29, 1.82) is 0 Å². The quantitative estimate of drug-likeness (QED) is 0.727. The number of carbonyl (C=O) groups excluding carboxylic acids is 2. The molecule has 1 rings (SSSR count). The molecule has 0 aromatic rings. The Morgan fingerprint density at radius 3 is 2.55 bits per heavy atom. The maximum absolute atomic E-state index is 12.2. The lowest BCUT2D eigenvalue weighted by molar-refractivity contribution is -0.144. The third-order valence-corrected chi connectivity index (χ3v) is 5.10. The van der Waals surface area contributed by atoms with Crippen LogP contribution in [0.2, 0.25) is 0 Å². The summed E-state index contributed by atoms with van der Waals surface area (Å²) in [5, 5.41) is 2.70. The number of hydrogen-bond acceptors (Lipinski definition) is 4. The first kappa shape index (κ1) is 16.9. The molecule has 0 aliphatic carbocycles.